The number of aromatic nitrogens is 1. The minimum Gasteiger partial charge on any atom is -0.449 e. The van der Waals surface area contributed by atoms with Crippen molar-refractivity contribution in [1.82, 2.24) is 4.57 Å². The second-order valence-electron chi connectivity index (χ2n) is 6.56. The average molecular weight is 379 g/mol. The van der Waals surface area contributed by atoms with Crippen LogP contribution in [-0.4, -0.2) is 17.3 Å². The fourth-order valence-corrected chi connectivity index (χ4v) is 3.31. The van der Waals surface area contributed by atoms with Crippen LogP contribution >= 0.6 is 0 Å². The molecule has 2 aromatic carbocycles. The van der Waals surface area contributed by atoms with Gasteiger partial charge in [-0.2, -0.15) is 5.26 Å². The van der Waals surface area contributed by atoms with Crippen molar-refractivity contribution in [1.29, 1.82) is 5.26 Å². The number of hydrogen-bond donors (Lipinski definition) is 1. The molecule has 1 amide bonds. The number of nitrogens with one attached hydrogen (secondary N) is 1. The van der Waals surface area contributed by atoms with E-state index < -0.39 is 11.9 Å². The summed E-state index contributed by atoms with van der Waals surface area (Å²) in [4.78, 5) is 11.7. The molecule has 28 heavy (non-hydrogen) atoms. The van der Waals surface area contributed by atoms with Crippen LogP contribution in [0.15, 0.2) is 36.4 Å². The topological polar surface area (TPSA) is 67.0 Å². The number of nitriles is 1. The number of aryl methyl sites for hydroxylation is 2. The molecule has 0 spiro atoms. The predicted octanol–water partition coefficient (Wildman–Crippen LogP) is 5.61. The number of nitrogens with zero attached hydrogens (tertiary/aromatic N) is 2. The second kappa shape index (κ2) is 8.13. The third-order valence-corrected chi connectivity index (χ3v) is 4.56. The number of ether oxygens (including phenoxy) is 1. The summed E-state index contributed by atoms with van der Waals surface area (Å²) in [5.74, 6) is -0.584. The van der Waals surface area contributed by atoms with Gasteiger partial charge in [0.1, 0.15) is 11.9 Å². The quantitative estimate of drug-likeness (QED) is 0.627. The van der Waals surface area contributed by atoms with Gasteiger partial charge in [0.15, 0.2) is 0 Å². The van der Waals surface area contributed by atoms with E-state index in [4.69, 9.17) is 4.74 Å². The van der Waals surface area contributed by atoms with Crippen LogP contribution in [0.4, 0.5) is 14.9 Å². The number of fused-ring (bicyclic) bond motifs is 1. The number of hydrogen-bond acceptors (Lipinski definition) is 3. The molecule has 1 aromatic heterocycles. The Balaban J connectivity index is 2.07. The third-order valence-electron chi connectivity index (χ3n) is 4.56. The Kier molecular flexibility index (Phi) is 5.65. The molecule has 0 saturated heterocycles. The van der Waals surface area contributed by atoms with E-state index in [0.29, 0.717) is 29.8 Å². The van der Waals surface area contributed by atoms with Crippen LogP contribution in [0.1, 0.15) is 31.4 Å². The van der Waals surface area contributed by atoms with Crippen molar-refractivity contribution in [2.24, 2.45) is 0 Å². The van der Waals surface area contributed by atoms with Crippen LogP contribution in [-0.2, 0) is 11.3 Å². The van der Waals surface area contributed by atoms with Gasteiger partial charge in [-0.15, -0.1) is 0 Å². The Morgan fingerprint density at radius 1 is 1.25 bits per heavy atom. The van der Waals surface area contributed by atoms with Gasteiger partial charge in [-0.05, 0) is 44.0 Å². The van der Waals surface area contributed by atoms with Crippen LogP contribution < -0.4 is 5.32 Å². The van der Waals surface area contributed by atoms with Gasteiger partial charge in [-0.25, -0.2) is 9.18 Å². The molecule has 0 aliphatic rings. The highest BCUT2D eigenvalue weighted by Gasteiger charge is 2.19. The van der Waals surface area contributed by atoms with E-state index in [9.17, 15) is 14.4 Å². The van der Waals surface area contributed by atoms with E-state index in [1.807, 2.05) is 43.5 Å². The number of carbonyl (C=O) groups excluding carboxylic acids is 1. The van der Waals surface area contributed by atoms with Crippen molar-refractivity contribution in [3.63, 3.8) is 0 Å². The van der Waals surface area contributed by atoms with E-state index in [-0.39, 0.29) is 12.3 Å². The molecule has 0 aliphatic carbocycles. The average Bonchev–Trinajstić information content (AvgIpc) is 3.00. The minimum absolute atomic E-state index is 0.0402. The van der Waals surface area contributed by atoms with Crippen molar-refractivity contribution in [3.05, 3.63) is 53.3 Å². The van der Waals surface area contributed by atoms with Crippen molar-refractivity contribution < 1.29 is 13.9 Å². The summed E-state index contributed by atoms with van der Waals surface area (Å²) >= 11 is 0. The first kappa shape index (κ1) is 19.4. The molecule has 0 fully saturated rings. The molecule has 5 nitrogen and oxygen atoms in total. The maximum Gasteiger partial charge on any atom is 0.411 e. The zero-order valence-electron chi connectivity index (χ0n) is 16.2. The molecule has 0 aliphatic heterocycles. The first-order valence-electron chi connectivity index (χ1n) is 9.26. The Morgan fingerprint density at radius 2 is 2.04 bits per heavy atom. The van der Waals surface area contributed by atoms with Gasteiger partial charge in [0.05, 0.1) is 29.1 Å². The van der Waals surface area contributed by atoms with Crippen molar-refractivity contribution in [2.45, 2.75) is 33.7 Å². The summed E-state index contributed by atoms with van der Waals surface area (Å²) in [7, 11) is 0. The number of anilines is 1. The summed E-state index contributed by atoms with van der Waals surface area (Å²) in [5.41, 5.74) is 3.84. The third kappa shape index (κ3) is 3.56. The molecule has 0 unspecified atom stereocenters. The summed E-state index contributed by atoms with van der Waals surface area (Å²) < 4.78 is 21.6. The smallest absolute Gasteiger partial charge is 0.411 e. The van der Waals surface area contributed by atoms with Gasteiger partial charge in [0, 0.05) is 17.5 Å². The lowest BCUT2D eigenvalue weighted by atomic mass is 10.0. The minimum atomic E-state index is -0.690. The highest BCUT2D eigenvalue weighted by Crippen LogP contribution is 2.35. The standard InChI is InChI=1S/C22H22FN3O2/c1-4-10-28-22(27)25-19-9-7-15(12-18(19)23)21-17(13-24)16-8-6-14(3)11-20(16)26(21)5-2/h6-9,11-12H,4-5,10H2,1-3H3,(H,25,27). The fourth-order valence-electron chi connectivity index (χ4n) is 3.31. The van der Waals surface area contributed by atoms with Gasteiger partial charge in [-0.3, -0.25) is 5.32 Å². The molecule has 0 saturated carbocycles. The summed E-state index contributed by atoms with van der Waals surface area (Å²) in [6.07, 6.45) is -0.00309. The Hall–Kier alpha value is -3.33. The van der Waals surface area contributed by atoms with Gasteiger partial charge >= 0.3 is 6.09 Å². The van der Waals surface area contributed by atoms with Gasteiger partial charge in [0.2, 0.25) is 0 Å². The molecule has 0 radical (unpaired) electrons. The molecule has 6 heteroatoms. The first-order valence-corrected chi connectivity index (χ1v) is 9.26. The van der Waals surface area contributed by atoms with E-state index >= 15 is 0 Å². The monoisotopic (exact) mass is 379 g/mol. The molecule has 1 heterocycles. The Labute approximate surface area is 163 Å². The Bertz CT molecular complexity index is 1080. The molecule has 3 aromatic rings. The van der Waals surface area contributed by atoms with Crippen LogP contribution in [0.3, 0.4) is 0 Å². The van der Waals surface area contributed by atoms with E-state index in [2.05, 4.69) is 11.4 Å². The lowest BCUT2D eigenvalue weighted by Gasteiger charge is -2.11. The summed E-state index contributed by atoms with van der Waals surface area (Å²) in [6.45, 7) is 6.77. The molecule has 0 atom stereocenters. The van der Waals surface area contributed by atoms with Crippen LogP contribution in [0.5, 0.6) is 0 Å². The van der Waals surface area contributed by atoms with E-state index in [1.165, 1.54) is 12.1 Å². The maximum absolute atomic E-state index is 14.6. The van der Waals surface area contributed by atoms with Gasteiger partial charge < -0.3 is 9.30 Å². The molecule has 144 valence electrons. The number of benzene rings is 2. The highest BCUT2D eigenvalue weighted by atomic mass is 19.1. The number of amides is 1. The van der Waals surface area contributed by atoms with Crippen molar-refractivity contribution in [2.75, 3.05) is 11.9 Å². The van der Waals surface area contributed by atoms with Gasteiger partial charge in [-0.1, -0.05) is 25.1 Å². The van der Waals surface area contributed by atoms with Crippen molar-refractivity contribution in [3.8, 4) is 17.3 Å². The number of carbonyl (C=O) groups is 1. The molecular formula is C22H22FN3O2. The maximum atomic E-state index is 14.6. The zero-order chi connectivity index (χ0) is 20.3. The van der Waals surface area contributed by atoms with Crippen LogP contribution in [0, 0.1) is 24.1 Å². The zero-order valence-corrected chi connectivity index (χ0v) is 16.2. The predicted molar refractivity (Wildman–Crippen MR) is 108 cm³/mol. The molecule has 0 bridgehead atoms. The first-order chi connectivity index (χ1) is 13.5. The lowest BCUT2D eigenvalue weighted by molar-refractivity contribution is 0.161. The van der Waals surface area contributed by atoms with E-state index in [1.54, 1.807) is 6.07 Å². The van der Waals surface area contributed by atoms with Crippen LogP contribution in [0.2, 0.25) is 0 Å². The molecule has 1 N–H and O–H groups in total. The fraction of sp³-hybridized carbons (Fsp3) is 0.273. The lowest BCUT2D eigenvalue weighted by Crippen LogP contribution is -2.15. The number of rotatable bonds is 5. The largest absolute Gasteiger partial charge is 0.449 e. The second-order valence-corrected chi connectivity index (χ2v) is 6.56. The summed E-state index contributed by atoms with van der Waals surface area (Å²) in [5, 5.41) is 13.0. The highest BCUT2D eigenvalue weighted by molar-refractivity contribution is 5.95. The Morgan fingerprint density at radius 3 is 2.68 bits per heavy atom. The van der Waals surface area contributed by atoms with Crippen molar-refractivity contribution >= 4 is 22.7 Å². The molecule has 3 rings (SSSR count). The number of halogens is 1. The summed E-state index contributed by atoms with van der Waals surface area (Å²) in [6, 6.07) is 12.7. The van der Waals surface area contributed by atoms with E-state index in [0.717, 1.165) is 16.5 Å². The molecular weight excluding hydrogens is 357 g/mol. The SMILES string of the molecule is CCCOC(=O)Nc1ccc(-c2c(C#N)c3ccc(C)cc3n2CC)cc1F. The van der Waals surface area contributed by atoms with Crippen LogP contribution in [0.25, 0.3) is 22.2 Å². The van der Waals surface area contributed by atoms with Gasteiger partial charge in [0.25, 0.3) is 0 Å². The normalized spacial score (nSPS) is 10.7.